The maximum absolute atomic E-state index is 13.2. The number of hydrogen-bond donors (Lipinski definition) is 1. The van der Waals surface area contributed by atoms with Crippen LogP contribution >= 0.6 is 0 Å². The van der Waals surface area contributed by atoms with Crippen LogP contribution in [0.2, 0.25) is 0 Å². The number of carbonyl (C=O) groups excluding carboxylic acids is 3. The van der Waals surface area contributed by atoms with E-state index in [0.29, 0.717) is 39.5 Å². The van der Waals surface area contributed by atoms with Gasteiger partial charge in [-0.2, -0.15) is 10.1 Å². The average Bonchev–Trinajstić information content (AvgIpc) is 3.19. The van der Waals surface area contributed by atoms with Gasteiger partial charge in [0.2, 0.25) is 0 Å². The maximum atomic E-state index is 13.2. The van der Waals surface area contributed by atoms with Crippen molar-refractivity contribution < 1.29 is 23.9 Å². The molecule has 0 aliphatic carbocycles. The monoisotopic (exact) mass is 511 g/mol. The van der Waals surface area contributed by atoms with E-state index >= 15 is 0 Å². The first-order valence-electron chi connectivity index (χ1n) is 12.2. The molecule has 194 valence electrons. The van der Waals surface area contributed by atoms with E-state index in [0.717, 1.165) is 11.1 Å². The molecule has 0 aromatic heterocycles. The third kappa shape index (κ3) is 5.98. The summed E-state index contributed by atoms with van der Waals surface area (Å²) in [5.41, 5.74) is 5.43. The van der Waals surface area contributed by atoms with Crippen LogP contribution in [-0.4, -0.2) is 36.7 Å². The van der Waals surface area contributed by atoms with Crippen molar-refractivity contribution in [2.75, 3.05) is 23.5 Å². The minimum absolute atomic E-state index is 0.187. The lowest BCUT2D eigenvalue weighted by Crippen LogP contribution is -2.21. The van der Waals surface area contributed by atoms with Gasteiger partial charge < -0.3 is 14.8 Å². The van der Waals surface area contributed by atoms with Crippen molar-refractivity contribution in [3.63, 3.8) is 0 Å². The van der Waals surface area contributed by atoms with Crippen LogP contribution in [0.25, 0.3) is 6.08 Å². The van der Waals surface area contributed by atoms with Crippen molar-refractivity contribution in [3.8, 4) is 5.75 Å². The Bertz CT molecular complexity index is 1440. The highest BCUT2D eigenvalue weighted by Gasteiger charge is 2.29. The zero-order valence-corrected chi connectivity index (χ0v) is 21.8. The summed E-state index contributed by atoms with van der Waals surface area (Å²) < 4.78 is 10.8. The standard InChI is InChI=1S/C30H29N3O5/c1-5-37-30(36)22-11-14-25(15-12-22)33-29(35)26(21(4)32-33)17-23-8-6-7-9-27(23)38-18-28(34)31-24-13-10-19(2)20(3)16-24/h6-17H,5,18H2,1-4H3,(H,31,34). The fourth-order valence-corrected chi connectivity index (χ4v) is 3.86. The lowest BCUT2D eigenvalue weighted by molar-refractivity contribution is -0.118. The molecule has 0 saturated carbocycles. The molecule has 38 heavy (non-hydrogen) atoms. The topological polar surface area (TPSA) is 97.3 Å². The molecular formula is C30H29N3O5. The highest BCUT2D eigenvalue weighted by Crippen LogP contribution is 2.28. The van der Waals surface area contributed by atoms with Gasteiger partial charge in [0.15, 0.2) is 6.61 Å². The molecule has 0 unspecified atom stereocenters. The number of nitrogens with zero attached hydrogens (tertiary/aromatic N) is 2. The molecule has 3 aromatic rings. The third-order valence-electron chi connectivity index (χ3n) is 6.05. The molecule has 3 aromatic carbocycles. The minimum Gasteiger partial charge on any atom is -0.483 e. The molecule has 0 radical (unpaired) electrons. The summed E-state index contributed by atoms with van der Waals surface area (Å²) in [5.74, 6) is -0.559. The molecule has 0 fully saturated rings. The van der Waals surface area contributed by atoms with Gasteiger partial charge in [-0.05, 0) is 87.4 Å². The van der Waals surface area contributed by atoms with Crippen LogP contribution in [-0.2, 0) is 14.3 Å². The van der Waals surface area contributed by atoms with Crippen molar-refractivity contribution in [1.82, 2.24) is 0 Å². The van der Waals surface area contributed by atoms with Crippen molar-refractivity contribution in [1.29, 1.82) is 0 Å². The molecule has 1 heterocycles. The normalized spacial score (nSPS) is 13.9. The molecular weight excluding hydrogens is 482 g/mol. The van der Waals surface area contributed by atoms with E-state index < -0.39 is 5.97 Å². The summed E-state index contributed by atoms with van der Waals surface area (Å²) in [7, 11) is 0. The van der Waals surface area contributed by atoms with Gasteiger partial charge in [0, 0.05) is 11.3 Å². The van der Waals surface area contributed by atoms with Gasteiger partial charge in [-0.25, -0.2) is 4.79 Å². The Morgan fingerprint density at radius 2 is 1.71 bits per heavy atom. The van der Waals surface area contributed by atoms with Gasteiger partial charge >= 0.3 is 5.97 Å². The summed E-state index contributed by atoms with van der Waals surface area (Å²) >= 11 is 0. The van der Waals surface area contributed by atoms with E-state index in [-0.39, 0.29) is 25.0 Å². The summed E-state index contributed by atoms with van der Waals surface area (Å²) in [6, 6.07) is 19.4. The van der Waals surface area contributed by atoms with Crippen LogP contribution in [0, 0.1) is 13.8 Å². The van der Waals surface area contributed by atoms with Gasteiger partial charge in [0.1, 0.15) is 5.75 Å². The molecule has 0 bridgehead atoms. The summed E-state index contributed by atoms with van der Waals surface area (Å²) in [6.45, 7) is 7.58. The summed E-state index contributed by atoms with van der Waals surface area (Å²) in [5, 5.41) is 8.53. The van der Waals surface area contributed by atoms with Crippen molar-refractivity contribution >= 4 is 40.9 Å². The number of para-hydroxylation sites is 1. The minimum atomic E-state index is -0.425. The lowest BCUT2D eigenvalue weighted by Gasteiger charge is -2.13. The van der Waals surface area contributed by atoms with Crippen LogP contribution < -0.4 is 15.1 Å². The van der Waals surface area contributed by atoms with E-state index in [4.69, 9.17) is 9.47 Å². The van der Waals surface area contributed by atoms with E-state index in [1.807, 2.05) is 38.1 Å². The first-order chi connectivity index (χ1) is 18.3. The number of nitrogens with one attached hydrogen (secondary N) is 1. The molecule has 0 spiro atoms. The van der Waals surface area contributed by atoms with Crippen LogP contribution in [0.5, 0.6) is 5.75 Å². The number of benzene rings is 3. The van der Waals surface area contributed by atoms with E-state index in [2.05, 4.69) is 10.4 Å². The number of ether oxygens (including phenoxy) is 2. The SMILES string of the molecule is CCOC(=O)c1ccc(N2N=C(C)C(=Cc3ccccc3OCC(=O)Nc3ccc(C)c(C)c3)C2=O)cc1. The van der Waals surface area contributed by atoms with Crippen LogP contribution in [0.1, 0.15) is 40.9 Å². The Kier molecular flexibility index (Phi) is 8.01. The molecule has 1 N–H and O–H groups in total. The van der Waals surface area contributed by atoms with Gasteiger partial charge in [0.05, 0.1) is 29.1 Å². The van der Waals surface area contributed by atoms with Gasteiger partial charge in [-0.3, -0.25) is 9.59 Å². The number of esters is 1. The van der Waals surface area contributed by atoms with E-state index in [1.54, 1.807) is 62.4 Å². The van der Waals surface area contributed by atoms with Gasteiger partial charge in [-0.1, -0.05) is 24.3 Å². The quantitative estimate of drug-likeness (QED) is 0.327. The van der Waals surface area contributed by atoms with Crippen molar-refractivity contribution in [3.05, 3.63) is 94.6 Å². The van der Waals surface area contributed by atoms with Crippen molar-refractivity contribution in [2.24, 2.45) is 5.10 Å². The second-order valence-corrected chi connectivity index (χ2v) is 8.80. The number of anilines is 2. The number of hydrogen-bond acceptors (Lipinski definition) is 6. The number of carbonyl (C=O) groups is 3. The van der Waals surface area contributed by atoms with E-state index in [1.165, 1.54) is 5.01 Å². The number of rotatable bonds is 8. The summed E-state index contributed by atoms with van der Waals surface area (Å²) in [6.07, 6.45) is 1.70. The average molecular weight is 512 g/mol. The highest BCUT2D eigenvalue weighted by molar-refractivity contribution is 6.32. The predicted molar refractivity (Wildman–Crippen MR) is 147 cm³/mol. The Hall–Kier alpha value is -4.72. The largest absolute Gasteiger partial charge is 0.483 e. The maximum Gasteiger partial charge on any atom is 0.338 e. The molecule has 1 aliphatic rings. The molecule has 0 atom stereocenters. The van der Waals surface area contributed by atoms with Gasteiger partial charge in [0.25, 0.3) is 11.8 Å². The second-order valence-electron chi connectivity index (χ2n) is 8.80. The molecule has 0 saturated heterocycles. The molecule has 1 aliphatic heterocycles. The first kappa shape index (κ1) is 26.3. The predicted octanol–water partition coefficient (Wildman–Crippen LogP) is 5.30. The lowest BCUT2D eigenvalue weighted by atomic mass is 10.1. The fraction of sp³-hybridized carbons (Fsp3) is 0.200. The van der Waals surface area contributed by atoms with Crippen LogP contribution in [0.4, 0.5) is 11.4 Å². The molecule has 8 nitrogen and oxygen atoms in total. The smallest absolute Gasteiger partial charge is 0.338 e. The van der Waals surface area contributed by atoms with E-state index in [9.17, 15) is 14.4 Å². The van der Waals surface area contributed by atoms with Gasteiger partial charge in [-0.15, -0.1) is 0 Å². The van der Waals surface area contributed by atoms with Crippen LogP contribution in [0.3, 0.4) is 0 Å². The second kappa shape index (κ2) is 11.6. The van der Waals surface area contributed by atoms with Crippen molar-refractivity contribution in [2.45, 2.75) is 27.7 Å². The van der Waals surface area contributed by atoms with Crippen LogP contribution in [0.15, 0.2) is 77.4 Å². The molecule has 8 heteroatoms. The summed E-state index contributed by atoms with van der Waals surface area (Å²) in [4.78, 5) is 37.6. The molecule has 4 rings (SSSR count). The Balaban J connectivity index is 1.46. The number of aryl methyl sites for hydroxylation is 2. The zero-order chi connectivity index (χ0) is 27.2. The molecule has 2 amide bonds. The highest BCUT2D eigenvalue weighted by atomic mass is 16.5. The fourth-order valence-electron chi connectivity index (χ4n) is 3.86. The number of hydrazone groups is 1. The number of amides is 2. The zero-order valence-electron chi connectivity index (χ0n) is 21.8. The Morgan fingerprint density at radius 3 is 2.42 bits per heavy atom. The first-order valence-corrected chi connectivity index (χ1v) is 12.2. The Labute approximate surface area is 221 Å². The third-order valence-corrected chi connectivity index (χ3v) is 6.05. The Morgan fingerprint density at radius 1 is 0.974 bits per heavy atom.